The van der Waals surface area contributed by atoms with Crippen molar-refractivity contribution in [3.8, 4) is 0 Å². The number of halogens is 1. The molecule has 2 rings (SSSR count). The maximum atomic E-state index is 13.9. The predicted octanol–water partition coefficient (Wildman–Crippen LogP) is 2.86. The molecule has 0 N–H and O–H groups in total. The highest BCUT2D eigenvalue weighted by atomic mass is 19.1. The van der Waals surface area contributed by atoms with Crippen LogP contribution in [0.15, 0.2) is 18.2 Å². The van der Waals surface area contributed by atoms with Crippen molar-refractivity contribution in [3.05, 3.63) is 29.6 Å². The van der Waals surface area contributed by atoms with Gasteiger partial charge in [-0.15, -0.1) is 0 Å². The fourth-order valence-corrected chi connectivity index (χ4v) is 2.49. The molecule has 0 spiro atoms. The molecular weight excluding hydrogens is 245 g/mol. The highest BCUT2D eigenvalue weighted by Crippen LogP contribution is 2.28. The molecule has 0 saturated carbocycles. The van der Waals surface area contributed by atoms with Crippen LogP contribution in [0.5, 0.6) is 0 Å². The molecule has 0 radical (unpaired) electrons. The number of Topliss-reactive ketones (excluding diaryl/α,β-unsaturated/α-hetero) is 1. The lowest BCUT2D eigenvalue weighted by atomic mass is 9.91. The van der Waals surface area contributed by atoms with Gasteiger partial charge >= 0.3 is 0 Å². The van der Waals surface area contributed by atoms with E-state index in [4.69, 9.17) is 0 Å². The van der Waals surface area contributed by atoms with E-state index in [0.717, 1.165) is 12.0 Å². The lowest BCUT2D eigenvalue weighted by Crippen LogP contribution is -2.44. The van der Waals surface area contributed by atoms with Crippen LogP contribution in [-0.4, -0.2) is 18.2 Å². The molecule has 1 aromatic rings. The van der Waals surface area contributed by atoms with Crippen molar-refractivity contribution in [2.45, 2.75) is 33.1 Å². The lowest BCUT2D eigenvalue weighted by Gasteiger charge is -2.32. The Kier molecular flexibility index (Phi) is 3.98. The topological polar surface area (TPSA) is 37.4 Å². The number of carbonyl (C=O) groups excluding carboxylic acids is 2. The molecule has 1 aliphatic heterocycles. The van der Waals surface area contributed by atoms with Gasteiger partial charge in [-0.3, -0.25) is 9.59 Å². The van der Waals surface area contributed by atoms with Gasteiger partial charge in [0.2, 0.25) is 5.91 Å². The van der Waals surface area contributed by atoms with Crippen LogP contribution in [0.2, 0.25) is 0 Å². The van der Waals surface area contributed by atoms with Gasteiger partial charge in [0, 0.05) is 13.0 Å². The zero-order chi connectivity index (χ0) is 14.0. The molecule has 3 nitrogen and oxygen atoms in total. The fourth-order valence-electron chi connectivity index (χ4n) is 2.49. The van der Waals surface area contributed by atoms with Gasteiger partial charge in [-0.2, -0.15) is 0 Å². The fraction of sp³-hybridized carbons (Fsp3) is 0.467. The molecular formula is C15H18FNO2. The second-order valence-electron chi connectivity index (χ2n) is 4.96. The monoisotopic (exact) mass is 263 g/mol. The number of rotatable bonds is 3. The minimum Gasteiger partial charge on any atom is -0.309 e. The number of carbonyl (C=O) groups is 2. The number of anilines is 1. The van der Waals surface area contributed by atoms with Gasteiger partial charge in [0.15, 0.2) is 0 Å². The van der Waals surface area contributed by atoms with E-state index >= 15 is 0 Å². The molecule has 4 heteroatoms. The Hall–Kier alpha value is -1.71. The van der Waals surface area contributed by atoms with Crippen LogP contribution < -0.4 is 4.90 Å². The number of ketones is 1. The Labute approximate surface area is 112 Å². The van der Waals surface area contributed by atoms with E-state index in [-0.39, 0.29) is 11.7 Å². The molecule has 102 valence electrons. The first-order valence-corrected chi connectivity index (χ1v) is 6.64. The normalized spacial score (nSPS) is 19.6. The largest absolute Gasteiger partial charge is 0.309 e. The average molecular weight is 263 g/mol. The van der Waals surface area contributed by atoms with Gasteiger partial charge in [0.25, 0.3) is 0 Å². The van der Waals surface area contributed by atoms with Gasteiger partial charge in [-0.25, -0.2) is 4.39 Å². The van der Waals surface area contributed by atoms with E-state index in [2.05, 4.69) is 0 Å². The van der Waals surface area contributed by atoms with Gasteiger partial charge < -0.3 is 4.90 Å². The Morgan fingerprint density at radius 2 is 2.21 bits per heavy atom. The Balaban J connectivity index is 2.31. The minimum absolute atomic E-state index is 0.0530. The molecule has 1 fully saturated rings. The molecule has 1 heterocycles. The van der Waals surface area contributed by atoms with Crippen LogP contribution in [-0.2, 0) is 9.59 Å². The summed E-state index contributed by atoms with van der Waals surface area (Å²) in [6, 6.07) is 4.69. The van der Waals surface area contributed by atoms with Crippen molar-refractivity contribution in [3.63, 3.8) is 0 Å². The number of amides is 1. The molecule has 0 bridgehead atoms. The third-order valence-corrected chi connectivity index (χ3v) is 3.57. The molecule has 1 atom stereocenters. The van der Waals surface area contributed by atoms with Crippen LogP contribution >= 0.6 is 0 Å². The van der Waals surface area contributed by atoms with Crippen molar-refractivity contribution < 1.29 is 14.0 Å². The van der Waals surface area contributed by atoms with Crippen molar-refractivity contribution in [2.75, 3.05) is 11.4 Å². The highest BCUT2D eigenvalue weighted by molar-refractivity contribution is 6.09. The quantitative estimate of drug-likeness (QED) is 0.786. The molecule has 19 heavy (non-hydrogen) atoms. The zero-order valence-electron chi connectivity index (χ0n) is 11.3. The molecule has 0 aliphatic carbocycles. The average Bonchev–Trinajstić information content (AvgIpc) is 2.41. The molecule has 1 aromatic carbocycles. The van der Waals surface area contributed by atoms with Crippen molar-refractivity contribution >= 4 is 17.4 Å². The SMILES string of the molecule is CCC(=O)C1CCCN(c2cc(C)ccc2F)C1=O. The Morgan fingerprint density at radius 1 is 1.47 bits per heavy atom. The Morgan fingerprint density at radius 3 is 2.89 bits per heavy atom. The number of benzene rings is 1. The number of nitrogens with zero attached hydrogens (tertiary/aromatic N) is 1. The van der Waals surface area contributed by atoms with E-state index in [1.165, 1.54) is 11.0 Å². The molecule has 1 aliphatic rings. The summed E-state index contributed by atoms with van der Waals surface area (Å²) >= 11 is 0. The van der Waals surface area contributed by atoms with E-state index in [1.807, 2.05) is 6.92 Å². The minimum atomic E-state index is -0.598. The van der Waals surface area contributed by atoms with Crippen LogP contribution in [0.4, 0.5) is 10.1 Å². The summed E-state index contributed by atoms with van der Waals surface area (Å²) in [6.45, 7) is 4.08. The van der Waals surface area contributed by atoms with Crippen molar-refractivity contribution in [1.29, 1.82) is 0 Å². The van der Waals surface area contributed by atoms with E-state index in [9.17, 15) is 14.0 Å². The standard InChI is InChI=1S/C15H18FNO2/c1-3-14(18)11-5-4-8-17(15(11)19)13-9-10(2)6-7-12(13)16/h6-7,9,11H,3-5,8H2,1-2H3. The van der Waals surface area contributed by atoms with Gasteiger partial charge in [-0.05, 0) is 37.5 Å². The van der Waals surface area contributed by atoms with E-state index < -0.39 is 11.7 Å². The summed E-state index contributed by atoms with van der Waals surface area (Å²) in [5.74, 6) is -1.33. The highest BCUT2D eigenvalue weighted by Gasteiger charge is 2.34. The third-order valence-electron chi connectivity index (χ3n) is 3.57. The van der Waals surface area contributed by atoms with E-state index in [0.29, 0.717) is 25.1 Å². The van der Waals surface area contributed by atoms with Crippen LogP contribution in [0.3, 0.4) is 0 Å². The van der Waals surface area contributed by atoms with Crippen LogP contribution in [0, 0.1) is 18.7 Å². The van der Waals surface area contributed by atoms with Gasteiger partial charge in [0.1, 0.15) is 11.6 Å². The second-order valence-corrected chi connectivity index (χ2v) is 4.96. The van der Waals surface area contributed by atoms with Crippen molar-refractivity contribution in [1.82, 2.24) is 0 Å². The maximum absolute atomic E-state index is 13.9. The molecule has 1 saturated heterocycles. The number of aryl methyl sites for hydroxylation is 1. The lowest BCUT2D eigenvalue weighted by molar-refractivity contribution is -0.133. The first-order chi connectivity index (χ1) is 9.04. The molecule has 0 aromatic heterocycles. The molecule has 1 unspecified atom stereocenters. The first kappa shape index (κ1) is 13.7. The number of hydrogen-bond donors (Lipinski definition) is 0. The summed E-state index contributed by atoms with van der Waals surface area (Å²) in [4.78, 5) is 25.5. The summed E-state index contributed by atoms with van der Waals surface area (Å²) in [6.07, 6.45) is 1.66. The number of hydrogen-bond acceptors (Lipinski definition) is 2. The summed E-state index contributed by atoms with van der Waals surface area (Å²) in [5.41, 5.74) is 1.19. The zero-order valence-corrected chi connectivity index (χ0v) is 11.3. The predicted molar refractivity (Wildman–Crippen MR) is 71.5 cm³/mol. The molecule has 1 amide bonds. The maximum Gasteiger partial charge on any atom is 0.237 e. The Bertz CT molecular complexity index is 513. The van der Waals surface area contributed by atoms with Gasteiger partial charge in [-0.1, -0.05) is 13.0 Å². The van der Waals surface area contributed by atoms with Crippen LogP contribution in [0.25, 0.3) is 0 Å². The smallest absolute Gasteiger partial charge is 0.237 e. The second kappa shape index (κ2) is 5.51. The van der Waals surface area contributed by atoms with Gasteiger partial charge in [0.05, 0.1) is 11.6 Å². The summed E-state index contributed by atoms with van der Waals surface area (Å²) < 4.78 is 13.9. The summed E-state index contributed by atoms with van der Waals surface area (Å²) in [7, 11) is 0. The third kappa shape index (κ3) is 2.67. The first-order valence-electron chi connectivity index (χ1n) is 6.64. The number of piperidine rings is 1. The van der Waals surface area contributed by atoms with E-state index in [1.54, 1.807) is 19.1 Å². The summed E-state index contributed by atoms with van der Waals surface area (Å²) in [5, 5.41) is 0. The van der Waals surface area contributed by atoms with Crippen LogP contribution in [0.1, 0.15) is 31.7 Å². The van der Waals surface area contributed by atoms with Crippen molar-refractivity contribution in [2.24, 2.45) is 5.92 Å².